The summed E-state index contributed by atoms with van der Waals surface area (Å²) in [5, 5.41) is 2.95. The number of sulfonamides is 1. The summed E-state index contributed by atoms with van der Waals surface area (Å²) in [6, 6.07) is 9.78. The predicted molar refractivity (Wildman–Crippen MR) is 114 cm³/mol. The third kappa shape index (κ3) is 5.24. The minimum atomic E-state index is -3.79. The number of carbonyl (C=O) groups excluding carboxylic acids is 1. The maximum atomic E-state index is 12.5. The van der Waals surface area contributed by atoms with E-state index in [4.69, 9.17) is 14.2 Å². The Morgan fingerprint density at radius 3 is 2.67 bits per heavy atom. The molecule has 0 bridgehead atoms. The number of methoxy groups -OCH3 is 2. The third-order valence-corrected chi connectivity index (χ3v) is 6.61. The normalized spacial score (nSPS) is 15.6. The van der Waals surface area contributed by atoms with E-state index in [2.05, 4.69) is 26.0 Å². The van der Waals surface area contributed by atoms with Crippen LogP contribution in [-0.2, 0) is 14.8 Å². The summed E-state index contributed by atoms with van der Waals surface area (Å²) in [6.45, 7) is 0.475. The topological polar surface area (TPSA) is 103 Å². The van der Waals surface area contributed by atoms with Crippen molar-refractivity contribution in [1.82, 2.24) is 10.0 Å². The molecule has 1 aliphatic rings. The standard InChI is InChI=1S/C20H23BrN2O6S/c1-27-18-6-4-14(12-19(18)28-2)30(25,26)22-9-7-20(24)23-16-8-10-29-17-5-3-13(21)11-15(16)17/h3-6,11-12,16,22H,7-10H2,1-2H3,(H,23,24). The van der Waals surface area contributed by atoms with Gasteiger partial charge in [0.2, 0.25) is 15.9 Å². The molecule has 30 heavy (non-hydrogen) atoms. The van der Waals surface area contributed by atoms with Crippen molar-refractivity contribution in [1.29, 1.82) is 0 Å². The summed E-state index contributed by atoms with van der Waals surface area (Å²) in [6.07, 6.45) is 0.653. The van der Waals surface area contributed by atoms with Crippen LogP contribution in [0.4, 0.5) is 0 Å². The van der Waals surface area contributed by atoms with Crippen LogP contribution in [0.2, 0.25) is 0 Å². The van der Waals surface area contributed by atoms with E-state index < -0.39 is 10.0 Å². The van der Waals surface area contributed by atoms with E-state index in [1.165, 1.54) is 32.4 Å². The number of hydrogen-bond acceptors (Lipinski definition) is 6. The number of rotatable bonds is 8. The molecule has 1 amide bonds. The molecular weight excluding hydrogens is 476 g/mol. The van der Waals surface area contributed by atoms with E-state index in [1.807, 2.05) is 18.2 Å². The number of carbonyl (C=O) groups is 1. The minimum Gasteiger partial charge on any atom is -0.493 e. The second-order valence-electron chi connectivity index (χ2n) is 6.60. The van der Waals surface area contributed by atoms with Crippen molar-refractivity contribution >= 4 is 31.9 Å². The number of fused-ring (bicyclic) bond motifs is 1. The van der Waals surface area contributed by atoms with Gasteiger partial charge in [-0.1, -0.05) is 15.9 Å². The van der Waals surface area contributed by atoms with Crippen molar-refractivity contribution in [3.05, 3.63) is 46.4 Å². The van der Waals surface area contributed by atoms with Gasteiger partial charge in [-0.2, -0.15) is 0 Å². The van der Waals surface area contributed by atoms with E-state index in [0.717, 1.165) is 15.8 Å². The summed E-state index contributed by atoms with van der Waals surface area (Å²) >= 11 is 3.43. The van der Waals surface area contributed by atoms with Gasteiger partial charge in [-0.3, -0.25) is 4.79 Å². The van der Waals surface area contributed by atoms with Crippen LogP contribution < -0.4 is 24.2 Å². The highest BCUT2D eigenvalue weighted by Crippen LogP contribution is 2.34. The van der Waals surface area contributed by atoms with Crippen LogP contribution in [0.15, 0.2) is 45.8 Å². The second-order valence-corrected chi connectivity index (χ2v) is 9.29. The molecule has 2 N–H and O–H groups in total. The summed E-state index contributed by atoms with van der Waals surface area (Å²) in [5.41, 5.74) is 0.898. The SMILES string of the molecule is COc1ccc(S(=O)(=O)NCCC(=O)NC2CCOc3ccc(Br)cc32)cc1OC. The lowest BCUT2D eigenvalue weighted by molar-refractivity contribution is -0.121. The second kappa shape index (κ2) is 9.67. The number of nitrogens with one attached hydrogen (secondary N) is 2. The van der Waals surface area contributed by atoms with Gasteiger partial charge in [-0.05, 0) is 30.3 Å². The molecule has 10 heteroatoms. The molecule has 0 radical (unpaired) electrons. The molecule has 8 nitrogen and oxygen atoms in total. The lowest BCUT2D eigenvalue weighted by Gasteiger charge is -2.27. The Morgan fingerprint density at radius 1 is 1.17 bits per heavy atom. The van der Waals surface area contributed by atoms with Crippen LogP contribution in [0.5, 0.6) is 17.2 Å². The number of amides is 1. The summed E-state index contributed by atoms with van der Waals surface area (Å²) in [7, 11) is -0.892. The first kappa shape index (κ1) is 22.4. The molecule has 2 aromatic carbocycles. The number of hydrogen-bond donors (Lipinski definition) is 2. The molecule has 1 heterocycles. The van der Waals surface area contributed by atoms with Gasteiger partial charge in [-0.15, -0.1) is 0 Å². The molecule has 0 saturated heterocycles. The van der Waals surface area contributed by atoms with Crippen molar-refractivity contribution in [3.63, 3.8) is 0 Å². The Kier molecular flexibility index (Phi) is 7.22. The molecule has 1 unspecified atom stereocenters. The number of halogens is 1. The van der Waals surface area contributed by atoms with Crippen LogP contribution in [0.25, 0.3) is 0 Å². The van der Waals surface area contributed by atoms with Gasteiger partial charge in [-0.25, -0.2) is 13.1 Å². The first-order chi connectivity index (χ1) is 14.3. The van der Waals surface area contributed by atoms with Crippen molar-refractivity contribution in [3.8, 4) is 17.2 Å². The van der Waals surface area contributed by atoms with Gasteiger partial charge in [0.15, 0.2) is 11.5 Å². The smallest absolute Gasteiger partial charge is 0.240 e. The predicted octanol–water partition coefficient (Wildman–Crippen LogP) is 2.77. The fourth-order valence-electron chi connectivity index (χ4n) is 3.15. The third-order valence-electron chi connectivity index (χ3n) is 4.66. The Balaban J connectivity index is 1.58. The van der Waals surface area contributed by atoms with E-state index in [-0.39, 0.29) is 29.8 Å². The van der Waals surface area contributed by atoms with Gasteiger partial charge in [0, 0.05) is 35.5 Å². The van der Waals surface area contributed by atoms with Crippen molar-refractivity contribution in [2.75, 3.05) is 27.4 Å². The number of benzene rings is 2. The van der Waals surface area contributed by atoms with Crippen LogP contribution >= 0.6 is 15.9 Å². The lowest BCUT2D eigenvalue weighted by Crippen LogP contribution is -2.35. The molecule has 162 valence electrons. The fraction of sp³-hybridized carbons (Fsp3) is 0.350. The average Bonchev–Trinajstić information content (AvgIpc) is 2.73. The molecular formula is C20H23BrN2O6S. The monoisotopic (exact) mass is 498 g/mol. The van der Waals surface area contributed by atoms with E-state index in [9.17, 15) is 13.2 Å². The minimum absolute atomic E-state index is 0.00716. The van der Waals surface area contributed by atoms with Gasteiger partial charge < -0.3 is 19.5 Å². The van der Waals surface area contributed by atoms with Crippen molar-refractivity contribution in [2.24, 2.45) is 0 Å². The van der Waals surface area contributed by atoms with Crippen molar-refractivity contribution < 1.29 is 27.4 Å². The molecule has 1 aliphatic heterocycles. The summed E-state index contributed by atoms with van der Waals surface area (Å²) < 4.78 is 44.2. The van der Waals surface area contributed by atoms with Gasteiger partial charge in [0.05, 0.1) is 31.8 Å². The fourth-order valence-corrected chi connectivity index (χ4v) is 4.57. The molecule has 0 fully saturated rings. The quantitative estimate of drug-likeness (QED) is 0.579. The molecule has 1 atom stereocenters. The zero-order chi connectivity index (χ0) is 21.7. The van der Waals surface area contributed by atoms with Gasteiger partial charge in [0.1, 0.15) is 5.75 Å². The van der Waals surface area contributed by atoms with Crippen LogP contribution in [0, 0.1) is 0 Å². The zero-order valence-corrected chi connectivity index (χ0v) is 19.0. The summed E-state index contributed by atoms with van der Waals surface area (Å²) in [4.78, 5) is 12.4. The van der Waals surface area contributed by atoms with Crippen LogP contribution in [0.3, 0.4) is 0 Å². The van der Waals surface area contributed by atoms with Gasteiger partial charge in [0.25, 0.3) is 0 Å². The maximum Gasteiger partial charge on any atom is 0.240 e. The Hall–Kier alpha value is -2.30. The molecule has 0 saturated carbocycles. The largest absolute Gasteiger partial charge is 0.493 e. The maximum absolute atomic E-state index is 12.5. The first-order valence-electron chi connectivity index (χ1n) is 9.27. The van der Waals surface area contributed by atoms with Crippen LogP contribution in [-0.4, -0.2) is 41.7 Å². The van der Waals surface area contributed by atoms with E-state index in [1.54, 1.807) is 0 Å². The van der Waals surface area contributed by atoms with E-state index >= 15 is 0 Å². The van der Waals surface area contributed by atoms with Crippen molar-refractivity contribution in [2.45, 2.75) is 23.8 Å². The highest BCUT2D eigenvalue weighted by molar-refractivity contribution is 9.10. The Labute approximate surface area is 184 Å². The van der Waals surface area contributed by atoms with Crippen LogP contribution in [0.1, 0.15) is 24.4 Å². The molecule has 0 spiro atoms. The average molecular weight is 499 g/mol. The first-order valence-corrected chi connectivity index (χ1v) is 11.5. The number of ether oxygens (including phenoxy) is 3. The molecule has 3 rings (SSSR count). The Morgan fingerprint density at radius 2 is 1.93 bits per heavy atom. The van der Waals surface area contributed by atoms with E-state index in [0.29, 0.717) is 24.5 Å². The Bertz CT molecular complexity index is 1030. The highest BCUT2D eigenvalue weighted by Gasteiger charge is 2.23. The summed E-state index contributed by atoms with van der Waals surface area (Å²) in [5.74, 6) is 1.23. The van der Waals surface area contributed by atoms with Gasteiger partial charge >= 0.3 is 0 Å². The zero-order valence-electron chi connectivity index (χ0n) is 16.6. The lowest BCUT2D eigenvalue weighted by atomic mass is 10.0. The molecule has 0 aromatic heterocycles. The molecule has 2 aromatic rings. The highest BCUT2D eigenvalue weighted by atomic mass is 79.9. The molecule has 0 aliphatic carbocycles.